The molecule has 0 unspecified atom stereocenters. The summed E-state index contributed by atoms with van der Waals surface area (Å²) in [6, 6.07) is -0.524. The Hall–Kier alpha value is -1.21. The maximum Gasteiger partial charge on any atom is 0.404 e. The topological polar surface area (TPSA) is 69.6 Å². The number of carboxylic acid groups (broad SMARTS) is 1. The van der Waals surface area contributed by atoms with E-state index in [1.54, 1.807) is 6.92 Å². The van der Waals surface area contributed by atoms with Gasteiger partial charge in [-0.3, -0.25) is 0 Å². The molecule has 0 fully saturated rings. The highest BCUT2D eigenvalue weighted by molar-refractivity contribution is 5.64. The van der Waals surface area contributed by atoms with Crippen LogP contribution in [-0.2, 0) is 0 Å². The minimum Gasteiger partial charge on any atom is -0.465 e. The number of hydrogen-bond acceptors (Lipinski definition) is 2. The zero-order valence-electron chi connectivity index (χ0n) is 6.24. The summed E-state index contributed by atoms with van der Waals surface area (Å²) in [6.07, 6.45) is 3.10. The van der Waals surface area contributed by atoms with Gasteiger partial charge in [-0.15, -0.1) is 12.3 Å². The van der Waals surface area contributed by atoms with Crippen molar-refractivity contribution in [2.75, 3.05) is 0 Å². The van der Waals surface area contributed by atoms with Crippen molar-refractivity contribution in [3.8, 4) is 12.3 Å². The molecule has 0 aliphatic rings. The summed E-state index contributed by atoms with van der Waals surface area (Å²) >= 11 is 0. The third-order valence-corrected chi connectivity index (χ3v) is 1.26. The van der Waals surface area contributed by atoms with E-state index < -0.39 is 18.2 Å². The molecule has 3 N–H and O–H groups in total. The predicted octanol–water partition coefficient (Wildman–Crippen LogP) is 0.0267. The number of nitrogens with one attached hydrogen (secondary N) is 1. The Kier molecular flexibility index (Phi) is 4.08. The average Bonchev–Trinajstić information content (AvgIpc) is 1.86. The molecule has 0 saturated heterocycles. The van der Waals surface area contributed by atoms with Crippen LogP contribution in [0.5, 0.6) is 0 Å². The van der Waals surface area contributed by atoms with E-state index in [2.05, 4.69) is 11.2 Å². The summed E-state index contributed by atoms with van der Waals surface area (Å²) in [6.45, 7) is 1.55. The van der Waals surface area contributed by atoms with Crippen molar-refractivity contribution in [3.63, 3.8) is 0 Å². The monoisotopic (exact) mass is 157 g/mol. The highest BCUT2D eigenvalue weighted by Crippen LogP contribution is 1.96. The van der Waals surface area contributed by atoms with Crippen LogP contribution in [0.4, 0.5) is 4.79 Å². The highest BCUT2D eigenvalue weighted by Gasteiger charge is 2.13. The molecular formula is C7H11NO3. The van der Waals surface area contributed by atoms with Crippen molar-refractivity contribution < 1.29 is 15.0 Å². The van der Waals surface area contributed by atoms with Crippen LogP contribution in [-0.4, -0.2) is 28.5 Å². The van der Waals surface area contributed by atoms with Gasteiger partial charge in [-0.2, -0.15) is 0 Å². The molecule has 0 aromatic rings. The fourth-order valence-corrected chi connectivity index (χ4v) is 0.588. The third-order valence-electron chi connectivity index (χ3n) is 1.26. The first-order valence-electron chi connectivity index (χ1n) is 3.19. The van der Waals surface area contributed by atoms with Crippen LogP contribution in [0.25, 0.3) is 0 Å². The second kappa shape index (κ2) is 4.58. The SMILES string of the molecule is C#CC[C@@H](O)[C@H](C)NC(=O)O. The maximum atomic E-state index is 10.0. The lowest BCUT2D eigenvalue weighted by atomic mass is 10.1. The molecule has 4 nitrogen and oxygen atoms in total. The zero-order valence-corrected chi connectivity index (χ0v) is 6.24. The predicted molar refractivity (Wildman–Crippen MR) is 40.1 cm³/mol. The number of aliphatic hydroxyl groups is 1. The number of hydrogen-bond donors (Lipinski definition) is 3. The maximum absolute atomic E-state index is 10.0. The van der Waals surface area contributed by atoms with E-state index in [4.69, 9.17) is 16.6 Å². The summed E-state index contributed by atoms with van der Waals surface area (Å²) in [5.41, 5.74) is 0. The van der Waals surface area contributed by atoms with Gasteiger partial charge in [0.2, 0.25) is 0 Å². The van der Waals surface area contributed by atoms with Crippen molar-refractivity contribution in [1.29, 1.82) is 0 Å². The van der Waals surface area contributed by atoms with Gasteiger partial charge in [-0.1, -0.05) is 0 Å². The first-order valence-corrected chi connectivity index (χ1v) is 3.19. The number of terminal acetylenes is 1. The normalized spacial score (nSPS) is 14.6. The minimum atomic E-state index is -1.16. The highest BCUT2D eigenvalue weighted by atomic mass is 16.4. The first kappa shape index (κ1) is 9.79. The molecule has 0 radical (unpaired) electrons. The van der Waals surface area contributed by atoms with E-state index in [0.717, 1.165) is 0 Å². The quantitative estimate of drug-likeness (QED) is 0.506. The van der Waals surface area contributed by atoms with Crippen molar-refractivity contribution >= 4 is 6.09 Å². The van der Waals surface area contributed by atoms with E-state index in [1.807, 2.05) is 0 Å². The first-order chi connectivity index (χ1) is 5.07. The van der Waals surface area contributed by atoms with E-state index in [1.165, 1.54) is 0 Å². The van der Waals surface area contributed by atoms with Gasteiger partial charge in [0.05, 0.1) is 12.1 Å². The molecule has 11 heavy (non-hydrogen) atoms. The van der Waals surface area contributed by atoms with Crippen molar-refractivity contribution in [2.24, 2.45) is 0 Å². The molecule has 0 aliphatic heterocycles. The van der Waals surface area contributed by atoms with E-state index >= 15 is 0 Å². The van der Waals surface area contributed by atoms with Gasteiger partial charge in [0.25, 0.3) is 0 Å². The number of carbonyl (C=O) groups is 1. The molecular weight excluding hydrogens is 146 g/mol. The number of amides is 1. The van der Waals surface area contributed by atoms with Crippen LogP contribution < -0.4 is 5.32 Å². The van der Waals surface area contributed by atoms with Gasteiger partial charge >= 0.3 is 6.09 Å². The standard InChI is InChI=1S/C7H11NO3/c1-3-4-6(9)5(2)8-7(10)11/h1,5-6,8-9H,4H2,2H3,(H,10,11)/t5-,6+/m0/s1. The van der Waals surface area contributed by atoms with E-state index in [0.29, 0.717) is 0 Å². The summed E-state index contributed by atoms with van der Waals surface area (Å²) in [5, 5.41) is 19.4. The Balaban J connectivity index is 3.74. The molecule has 0 bridgehead atoms. The van der Waals surface area contributed by atoms with Crippen LogP contribution in [0.15, 0.2) is 0 Å². The van der Waals surface area contributed by atoms with Crippen LogP contribution in [0, 0.1) is 12.3 Å². The molecule has 4 heteroatoms. The Bertz CT molecular complexity index is 173. The Morgan fingerprint density at radius 2 is 2.36 bits per heavy atom. The van der Waals surface area contributed by atoms with Gasteiger partial charge < -0.3 is 15.5 Å². The number of aliphatic hydroxyl groups excluding tert-OH is 1. The van der Waals surface area contributed by atoms with Gasteiger partial charge in [0.15, 0.2) is 0 Å². The molecule has 2 atom stereocenters. The molecule has 0 aliphatic carbocycles. The molecule has 0 aromatic carbocycles. The van der Waals surface area contributed by atoms with E-state index in [9.17, 15) is 4.79 Å². The molecule has 0 saturated carbocycles. The Morgan fingerprint density at radius 1 is 1.82 bits per heavy atom. The van der Waals surface area contributed by atoms with Gasteiger partial charge in [-0.05, 0) is 6.92 Å². The van der Waals surface area contributed by atoms with Crippen molar-refractivity contribution in [3.05, 3.63) is 0 Å². The smallest absolute Gasteiger partial charge is 0.404 e. The van der Waals surface area contributed by atoms with Crippen molar-refractivity contribution in [2.45, 2.75) is 25.5 Å². The molecule has 0 spiro atoms. The lowest BCUT2D eigenvalue weighted by molar-refractivity contribution is 0.130. The molecule has 0 aromatic heterocycles. The second-order valence-corrected chi connectivity index (χ2v) is 2.21. The Labute approximate surface area is 65.2 Å². The van der Waals surface area contributed by atoms with Gasteiger partial charge in [0.1, 0.15) is 0 Å². The van der Waals surface area contributed by atoms with Crippen LogP contribution in [0.2, 0.25) is 0 Å². The minimum absolute atomic E-state index is 0.154. The fourth-order valence-electron chi connectivity index (χ4n) is 0.588. The lowest BCUT2D eigenvalue weighted by Crippen LogP contribution is -2.40. The lowest BCUT2D eigenvalue weighted by Gasteiger charge is -2.15. The molecule has 0 rings (SSSR count). The zero-order chi connectivity index (χ0) is 8.85. The molecule has 1 amide bonds. The van der Waals surface area contributed by atoms with Crippen molar-refractivity contribution in [1.82, 2.24) is 5.32 Å². The van der Waals surface area contributed by atoms with E-state index in [-0.39, 0.29) is 6.42 Å². The largest absolute Gasteiger partial charge is 0.465 e. The molecule has 0 heterocycles. The third kappa shape index (κ3) is 4.23. The van der Waals surface area contributed by atoms with Crippen LogP contribution >= 0.6 is 0 Å². The average molecular weight is 157 g/mol. The van der Waals surface area contributed by atoms with Gasteiger partial charge in [0, 0.05) is 6.42 Å². The summed E-state index contributed by atoms with van der Waals surface area (Å²) in [7, 11) is 0. The van der Waals surface area contributed by atoms with Gasteiger partial charge in [-0.25, -0.2) is 4.79 Å². The number of rotatable bonds is 3. The Morgan fingerprint density at radius 3 is 2.73 bits per heavy atom. The van der Waals surface area contributed by atoms with Crippen LogP contribution in [0.1, 0.15) is 13.3 Å². The summed E-state index contributed by atoms with van der Waals surface area (Å²) in [5.74, 6) is 2.24. The second-order valence-electron chi connectivity index (χ2n) is 2.21. The van der Waals surface area contributed by atoms with Crippen LogP contribution in [0.3, 0.4) is 0 Å². The summed E-state index contributed by atoms with van der Waals surface area (Å²) in [4.78, 5) is 10.0. The fraction of sp³-hybridized carbons (Fsp3) is 0.571. The summed E-state index contributed by atoms with van der Waals surface area (Å²) < 4.78 is 0. The molecule has 62 valence electrons.